The molecule has 8 heteroatoms. The van der Waals surface area contributed by atoms with Crippen molar-refractivity contribution in [2.24, 2.45) is 9.98 Å². The van der Waals surface area contributed by atoms with Crippen LogP contribution >= 0.6 is 0 Å². The van der Waals surface area contributed by atoms with Gasteiger partial charge >= 0.3 is 0 Å². The standard InChI is InChI=1S/C17H23N7O/c1-11(25)14-10-24-15(7-21-17(24)9-20-14)13-6-19-8-16(23-13)22-12-3-2-4-18-5-12/h7-13,18,25H,2-6H2,1H3,(H,22,23). The van der Waals surface area contributed by atoms with Crippen molar-refractivity contribution in [1.29, 1.82) is 0 Å². The van der Waals surface area contributed by atoms with Crippen LogP contribution in [0.5, 0.6) is 0 Å². The summed E-state index contributed by atoms with van der Waals surface area (Å²) in [6.07, 6.45) is 8.83. The topological polar surface area (TPSA) is 99.2 Å². The molecule has 0 spiro atoms. The van der Waals surface area contributed by atoms with Gasteiger partial charge in [0.05, 0.1) is 42.6 Å². The number of aliphatic imine (C=N–C) groups is 2. The van der Waals surface area contributed by atoms with E-state index in [0.29, 0.717) is 18.3 Å². The molecule has 2 aliphatic rings. The lowest BCUT2D eigenvalue weighted by molar-refractivity contribution is 0.193. The van der Waals surface area contributed by atoms with Crippen LogP contribution in [0.2, 0.25) is 0 Å². The molecule has 8 nitrogen and oxygen atoms in total. The molecule has 2 aliphatic heterocycles. The van der Waals surface area contributed by atoms with E-state index < -0.39 is 6.10 Å². The third kappa shape index (κ3) is 3.40. The maximum atomic E-state index is 9.78. The quantitative estimate of drug-likeness (QED) is 0.761. The minimum Gasteiger partial charge on any atom is -0.387 e. The number of aromatic nitrogens is 3. The molecule has 2 aromatic rings. The van der Waals surface area contributed by atoms with Crippen LogP contribution in [0.3, 0.4) is 0 Å². The molecule has 2 aromatic heterocycles. The highest BCUT2D eigenvalue weighted by Crippen LogP contribution is 2.22. The molecule has 4 rings (SSSR count). The fourth-order valence-corrected chi connectivity index (χ4v) is 3.28. The number of imidazole rings is 1. The van der Waals surface area contributed by atoms with Crippen LogP contribution in [0.1, 0.15) is 43.3 Å². The number of rotatable bonds is 3. The molecule has 25 heavy (non-hydrogen) atoms. The lowest BCUT2D eigenvalue weighted by atomic mass is 10.1. The average Bonchev–Trinajstić information content (AvgIpc) is 3.06. The van der Waals surface area contributed by atoms with Gasteiger partial charge in [0.2, 0.25) is 0 Å². The van der Waals surface area contributed by atoms with Gasteiger partial charge in [-0.2, -0.15) is 0 Å². The SMILES string of the molecule is CC(O)c1cn2c(C3CN=CC(NC4CCCNC4)=N3)cnc2cn1. The molecular weight excluding hydrogens is 318 g/mol. The first-order valence-electron chi connectivity index (χ1n) is 8.76. The summed E-state index contributed by atoms with van der Waals surface area (Å²) in [6.45, 7) is 4.33. The van der Waals surface area contributed by atoms with E-state index in [0.717, 1.165) is 36.7 Å². The van der Waals surface area contributed by atoms with Crippen LogP contribution in [-0.4, -0.2) is 57.2 Å². The fraction of sp³-hybridized carbons (Fsp3) is 0.529. The Hall–Kier alpha value is -2.32. The summed E-state index contributed by atoms with van der Waals surface area (Å²) < 4.78 is 1.95. The number of piperidine rings is 1. The molecule has 0 aromatic carbocycles. The van der Waals surface area contributed by atoms with Gasteiger partial charge in [-0.3, -0.25) is 19.4 Å². The van der Waals surface area contributed by atoms with Crippen molar-refractivity contribution in [3.63, 3.8) is 0 Å². The Morgan fingerprint density at radius 1 is 1.36 bits per heavy atom. The van der Waals surface area contributed by atoms with Crippen molar-refractivity contribution in [3.05, 3.63) is 30.0 Å². The molecule has 132 valence electrons. The monoisotopic (exact) mass is 341 g/mol. The second-order valence-corrected chi connectivity index (χ2v) is 6.61. The Morgan fingerprint density at radius 2 is 2.28 bits per heavy atom. The number of aliphatic hydroxyl groups is 1. The van der Waals surface area contributed by atoms with Gasteiger partial charge in [0, 0.05) is 18.8 Å². The van der Waals surface area contributed by atoms with E-state index in [1.807, 2.05) is 23.0 Å². The zero-order valence-electron chi connectivity index (χ0n) is 14.3. The van der Waals surface area contributed by atoms with Crippen LogP contribution < -0.4 is 10.6 Å². The molecule has 4 heterocycles. The number of nitrogens with one attached hydrogen (secondary N) is 2. The molecule has 1 saturated heterocycles. The van der Waals surface area contributed by atoms with E-state index >= 15 is 0 Å². The van der Waals surface area contributed by atoms with Gasteiger partial charge in [-0.05, 0) is 26.3 Å². The molecular formula is C17H23N7O. The van der Waals surface area contributed by atoms with Gasteiger partial charge < -0.3 is 15.7 Å². The van der Waals surface area contributed by atoms with Gasteiger partial charge in [0.25, 0.3) is 0 Å². The Bertz CT molecular complexity index is 804. The van der Waals surface area contributed by atoms with E-state index in [-0.39, 0.29) is 6.04 Å². The molecule has 0 aliphatic carbocycles. The van der Waals surface area contributed by atoms with Crippen LogP contribution in [0.25, 0.3) is 5.65 Å². The number of aliphatic hydroxyl groups excluding tert-OH is 1. The lowest BCUT2D eigenvalue weighted by Crippen LogP contribution is -2.46. The summed E-state index contributed by atoms with van der Waals surface area (Å²) in [5.41, 5.74) is 2.31. The Balaban J connectivity index is 1.59. The fourth-order valence-electron chi connectivity index (χ4n) is 3.28. The number of hydrogen-bond acceptors (Lipinski definition) is 7. The minimum absolute atomic E-state index is 0.0942. The van der Waals surface area contributed by atoms with Crippen LogP contribution in [0.15, 0.2) is 28.6 Å². The van der Waals surface area contributed by atoms with Crippen molar-refractivity contribution < 1.29 is 5.11 Å². The maximum absolute atomic E-state index is 9.78. The Kier molecular flexibility index (Phi) is 4.46. The highest BCUT2D eigenvalue weighted by Gasteiger charge is 2.21. The van der Waals surface area contributed by atoms with Gasteiger partial charge in [-0.1, -0.05) is 0 Å². The molecule has 0 saturated carbocycles. The molecule has 3 atom stereocenters. The number of fused-ring (bicyclic) bond motifs is 1. The van der Waals surface area contributed by atoms with Crippen molar-refractivity contribution in [1.82, 2.24) is 25.0 Å². The second-order valence-electron chi connectivity index (χ2n) is 6.61. The first-order chi connectivity index (χ1) is 12.2. The summed E-state index contributed by atoms with van der Waals surface area (Å²) >= 11 is 0. The van der Waals surface area contributed by atoms with Crippen molar-refractivity contribution in [3.8, 4) is 0 Å². The van der Waals surface area contributed by atoms with E-state index in [4.69, 9.17) is 4.99 Å². The first-order valence-corrected chi connectivity index (χ1v) is 8.76. The zero-order valence-corrected chi connectivity index (χ0v) is 14.3. The summed E-state index contributed by atoms with van der Waals surface area (Å²) in [5.74, 6) is 0.824. The molecule has 3 unspecified atom stereocenters. The third-order valence-electron chi connectivity index (χ3n) is 4.65. The molecule has 0 bridgehead atoms. The van der Waals surface area contributed by atoms with Crippen LogP contribution in [0, 0.1) is 0 Å². The van der Waals surface area contributed by atoms with Crippen LogP contribution in [0.4, 0.5) is 0 Å². The summed E-state index contributed by atoms with van der Waals surface area (Å²) in [4.78, 5) is 18.0. The van der Waals surface area contributed by atoms with E-state index in [2.05, 4.69) is 25.6 Å². The van der Waals surface area contributed by atoms with Crippen molar-refractivity contribution in [2.45, 2.75) is 38.0 Å². The molecule has 1 fully saturated rings. The van der Waals surface area contributed by atoms with Crippen molar-refractivity contribution >= 4 is 17.7 Å². The highest BCUT2D eigenvalue weighted by atomic mass is 16.3. The molecule has 0 radical (unpaired) electrons. The van der Waals surface area contributed by atoms with Gasteiger partial charge in [0.15, 0.2) is 5.65 Å². The van der Waals surface area contributed by atoms with E-state index in [1.54, 1.807) is 13.1 Å². The average molecular weight is 341 g/mol. The maximum Gasteiger partial charge on any atom is 0.155 e. The lowest BCUT2D eigenvalue weighted by Gasteiger charge is -2.26. The van der Waals surface area contributed by atoms with Gasteiger partial charge in [-0.15, -0.1) is 0 Å². The summed E-state index contributed by atoms with van der Waals surface area (Å²) in [7, 11) is 0. The predicted octanol–water partition coefficient (Wildman–Crippen LogP) is 0.648. The first kappa shape index (κ1) is 16.2. The second kappa shape index (κ2) is 6.89. The molecule has 3 N–H and O–H groups in total. The Labute approximate surface area is 146 Å². The van der Waals surface area contributed by atoms with Crippen molar-refractivity contribution in [2.75, 3.05) is 19.6 Å². The van der Waals surface area contributed by atoms with Crippen LogP contribution in [-0.2, 0) is 0 Å². The smallest absolute Gasteiger partial charge is 0.155 e. The number of hydrogen-bond donors (Lipinski definition) is 3. The Morgan fingerprint density at radius 3 is 3.08 bits per heavy atom. The largest absolute Gasteiger partial charge is 0.387 e. The van der Waals surface area contributed by atoms with E-state index in [1.165, 1.54) is 6.42 Å². The summed E-state index contributed by atoms with van der Waals surface area (Å²) in [6, 6.07) is 0.300. The van der Waals surface area contributed by atoms with Gasteiger partial charge in [-0.25, -0.2) is 4.98 Å². The zero-order chi connectivity index (χ0) is 17.2. The summed E-state index contributed by atoms with van der Waals surface area (Å²) in [5, 5.41) is 16.7. The highest BCUT2D eigenvalue weighted by molar-refractivity contribution is 6.29. The van der Waals surface area contributed by atoms with Gasteiger partial charge in [0.1, 0.15) is 11.9 Å². The number of nitrogens with zero attached hydrogens (tertiary/aromatic N) is 5. The normalized spacial score (nSPS) is 25.0. The minimum atomic E-state index is -0.622. The molecule has 0 amide bonds. The van der Waals surface area contributed by atoms with E-state index in [9.17, 15) is 5.11 Å². The third-order valence-corrected chi connectivity index (χ3v) is 4.65. The predicted molar refractivity (Wildman–Crippen MR) is 96.2 cm³/mol. The number of amidine groups is 1.